The molecule has 2 heterocycles. The highest BCUT2D eigenvalue weighted by Gasteiger charge is 2.31. The molecule has 1 unspecified atom stereocenters. The zero-order valence-electron chi connectivity index (χ0n) is 15.4. The highest BCUT2D eigenvalue weighted by atomic mass is 16.2. The van der Waals surface area contributed by atoms with Crippen molar-refractivity contribution in [2.75, 3.05) is 26.2 Å². The summed E-state index contributed by atoms with van der Waals surface area (Å²) in [5.74, 6) is 0.0889. The van der Waals surface area contributed by atoms with E-state index in [1.54, 1.807) is 4.90 Å². The van der Waals surface area contributed by atoms with E-state index in [0.717, 1.165) is 12.8 Å². The van der Waals surface area contributed by atoms with Gasteiger partial charge < -0.3 is 15.1 Å². The molecule has 0 saturated carbocycles. The number of rotatable bonds is 4. The molecule has 6 heteroatoms. The van der Waals surface area contributed by atoms with Crippen LogP contribution < -0.4 is 5.32 Å². The fourth-order valence-corrected chi connectivity index (χ4v) is 3.68. The predicted octanol–water partition coefficient (Wildman–Crippen LogP) is 1.27. The zero-order valence-corrected chi connectivity index (χ0v) is 15.4. The van der Waals surface area contributed by atoms with Crippen LogP contribution in [0, 0.1) is 6.92 Å². The fraction of sp³-hybridized carbons (Fsp3) is 0.550. The molecule has 6 nitrogen and oxygen atoms in total. The molecule has 0 spiro atoms. The van der Waals surface area contributed by atoms with Crippen LogP contribution in [-0.4, -0.2) is 59.7 Å². The summed E-state index contributed by atoms with van der Waals surface area (Å²) in [7, 11) is 0. The number of nitrogens with zero attached hydrogens (tertiary/aromatic N) is 2. The van der Waals surface area contributed by atoms with E-state index >= 15 is 0 Å². The van der Waals surface area contributed by atoms with Gasteiger partial charge in [0.1, 0.15) is 6.04 Å². The average molecular weight is 357 g/mol. The minimum Gasteiger partial charge on any atom is -0.344 e. The Morgan fingerprint density at radius 2 is 1.92 bits per heavy atom. The summed E-state index contributed by atoms with van der Waals surface area (Å²) in [6.45, 7) is 4.50. The molecule has 1 aromatic rings. The summed E-state index contributed by atoms with van der Waals surface area (Å²) in [4.78, 5) is 40.1. The van der Waals surface area contributed by atoms with Gasteiger partial charge >= 0.3 is 0 Å². The molecule has 0 bridgehead atoms. The Morgan fingerprint density at radius 1 is 1.15 bits per heavy atom. The van der Waals surface area contributed by atoms with E-state index in [1.165, 1.54) is 11.1 Å². The Hall–Kier alpha value is -2.37. The maximum atomic E-state index is 12.6. The van der Waals surface area contributed by atoms with Gasteiger partial charge in [-0.2, -0.15) is 0 Å². The Morgan fingerprint density at radius 3 is 2.65 bits per heavy atom. The second-order valence-electron chi connectivity index (χ2n) is 7.21. The number of carbonyl (C=O) groups is 3. The standard InChI is InChI=1S/C20H27N3O3/c1-15-4-2-5-16(14-15)6-9-19(25)22-10-3-11-23(13-12-22)20(26)17-7-8-18(24)21-17/h2,4-5,14,17H,3,6-13H2,1H3,(H,21,24). The van der Waals surface area contributed by atoms with Gasteiger partial charge in [-0.1, -0.05) is 29.8 Å². The summed E-state index contributed by atoms with van der Waals surface area (Å²) in [5.41, 5.74) is 2.39. The molecule has 1 N–H and O–H groups in total. The first-order chi connectivity index (χ1) is 12.5. The third-order valence-corrected chi connectivity index (χ3v) is 5.16. The van der Waals surface area contributed by atoms with Crippen LogP contribution in [0.3, 0.4) is 0 Å². The number of amides is 3. The Balaban J connectivity index is 1.49. The topological polar surface area (TPSA) is 69.7 Å². The molecule has 26 heavy (non-hydrogen) atoms. The smallest absolute Gasteiger partial charge is 0.245 e. The van der Waals surface area contributed by atoms with Gasteiger partial charge in [0.05, 0.1) is 0 Å². The molecule has 140 valence electrons. The van der Waals surface area contributed by atoms with Crippen LogP contribution in [0.1, 0.15) is 36.8 Å². The van der Waals surface area contributed by atoms with Crippen LogP contribution in [0.4, 0.5) is 0 Å². The van der Waals surface area contributed by atoms with Crippen molar-refractivity contribution >= 4 is 17.7 Å². The number of aryl methyl sites for hydroxylation is 2. The van der Waals surface area contributed by atoms with Gasteiger partial charge in [-0.15, -0.1) is 0 Å². The lowest BCUT2D eigenvalue weighted by Crippen LogP contribution is -2.46. The molecule has 2 saturated heterocycles. The van der Waals surface area contributed by atoms with E-state index < -0.39 is 0 Å². The molecule has 0 aromatic heterocycles. The first kappa shape index (κ1) is 18.4. The molecular weight excluding hydrogens is 330 g/mol. The lowest BCUT2D eigenvalue weighted by atomic mass is 10.1. The maximum absolute atomic E-state index is 12.6. The van der Waals surface area contributed by atoms with Gasteiger partial charge in [-0.25, -0.2) is 0 Å². The molecule has 2 aliphatic rings. The van der Waals surface area contributed by atoms with E-state index in [1.807, 2.05) is 11.0 Å². The highest BCUT2D eigenvalue weighted by Crippen LogP contribution is 2.13. The maximum Gasteiger partial charge on any atom is 0.245 e. The number of hydrogen-bond acceptors (Lipinski definition) is 3. The molecule has 1 atom stereocenters. The second kappa shape index (κ2) is 8.34. The van der Waals surface area contributed by atoms with Crippen LogP contribution in [0.15, 0.2) is 24.3 Å². The Bertz CT molecular complexity index is 689. The molecule has 3 amide bonds. The van der Waals surface area contributed by atoms with Crippen molar-refractivity contribution in [1.82, 2.24) is 15.1 Å². The molecule has 3 rings (SSSR count). The van der Waals surface area contributed by atoms with Crippen molar-refractivity contribution in [2.45, 2.75) is 45.1 Å². The summed E-state index contributed by atoms with van der Waals surface area (Å²) in [6, 6.07) is 7.86. The minimum atomic E-state index is -0.383. The van der Waals surface area contributed by atoms with Crippen molar-refractivity contribution in [3.63, 3.8) is 0 Å². The minimum absolute atomic E-state index is 0.00934. The molecule has 0 radical (unpaired) electrons. The van der Waals surface area contributed by atoms with Gasteiger partial charge in [-0.05, 0) is 31.7 Å². The number of hydrogen-bond donors (Lipinski definition) is 1. The van der Waals surface area contributed by atoms with Crippen molar-refractivity contribution in [2.24, 2.45) is 0 Å². The normalized spacial score (nSPS) is 20.7. The average Bonchev–Trinajstić information content (AvgIpc) is 2.91. The Kier molecular flexibility index (Phi) is 5.91. The second-order valence-corrected chi connectivity index (χ2v) is 7.21. The number of nitrogens with one attached hydrogen (secondary N) is 1. The van der Waals surface area contributed by atoms with Crippen LogP contribution in [-0.2, 0) is 20.8 Å². The number of benzene rings is 1. The van der Waals surface area contributed by atoms with Crippen LogP contribution >= 0.6 is 0 Å². The Labute approximate surface area is 154 Å². The largest absolute Gasteiger partial charge is 0.344 e. The van der Waals surface area contributed by atoms with Crippen LogP contribution in [0.5, 0.6) is 0 Å². The molecule has 2 fully saturated rings. The summed E-state index contributed by atoms with van der Waals surface area (Å²) in [5, 5.41) is 2.74. The van der Waals surface area contributed by atoms with Gasteiger partial charge in [0, 0.05) is 39.0 Å². The summed E-state index contributed by atoms with van der Waals surface area (Å²) < 4.78 is 0. The summed E-state index contributed by atoms with van der Waals surface area (Å²) >= 11 is 0. The van der Waals surface area contributed by atoms with E-state index in [9.17, 15) is 14.4 Å². The zero-order chi connectivity index (χ0) is 18.5. The van der Waals surface area contributed by atoms with E-state index in [-0.39, 0.29) is 23.8 Å². The summed E-state index contributed by atoms with van der Waals surface area (Å²) in [6.07, 6.45) is 3.02. The fourth-order valence-electron chi connectivity index (χ4n) is 3.68. The van der Waals surface area contributed by atoms with Crippen LogP contribution in [0.25, 0.3) is 0 Å². The predicted molar refractivity (Wildman–Crippen MR) is 98.4 cm³/mol. The van der Waals surface area contributed by atoms with Gasteiger partial charge in [-0.3, -0.25) is 14.4 Å². The number of carbonyl (C=O) groups excluding carboxylic acids is 3. The quantitative estimate of drug-likeness (QED) is 0.882. The monoisotopic (exact) mass is 357 g/mol. The van der Waals surface area contributed by atoms with E-state index in [2.05, 4.69) is 30.4 Å². The third-order valence-electron chi connectivity index (χ3n) is 5.16. The van der Waals surface area contributed by atoms with Crippen molar-refractivity contribution < 1.29 is 14.4 Å². The van der Waals surface area contributed by atoms with E-state index in [0.29, 0.717) is 45.4 Å². The molecular formula is C20H27N3O3. The third kappa shape index (κ3) is 4.62. The lowest BCUT2D eigenvalue weighted by molar-refractivity contribution is -0.135. The van der Waals surface area contributed by atoms with Crippen molar-refractivity contribution in [1.29, 1.82) is 0 Å². The lowest BCUT2D eigenvalue weighted by Gasteiger charge is -2.24. The van der Waals surface area contributed by atoms with Gasteiger partial charge in [0.15, 0.2) is 0 Å². The SMILES string of the molecule is Cc1cccc(CCC(=O)N2CCCN(C(=O)C3CCC(=O)N3)CC2)c1. The highest BCUT2D eigenvalue weighted by molar-refractivity contribution is 5.90. The van der Waals surface area contributed by atoms with Gasteiger partial charge in [0.25, 0.3) is 0 Å². The van der Waals surface area contributed by atoms with Gasteiger partial charge in [0.2, 0.25) is 17.7 Å². The van der Waals surface area contributed by atoms with Crippen molar-refractivity contribution in [3.05, 3.63) is 35.4 Å². The van der Waals surface area contributed by atoms with Crippen molar-refractivity contribution in [3.8, 4) is 0 Å². The van der Waals surface area contributed by atoms with E-state index in [4.69, 9.17) is 0 Å². The molecule has 0 aliphatic carbocycles. The first-order valence-corrected chi connectivity index (χ1v) is 9.44. The molecule has 1 aromatic carbocycles. The van der Waals surface area contributed by atoms with Crippen LogP contribution in [0.2, 0.25) is 0 Å². The first-order valence-electron chi connectivity index (χ1n) is 9.44. The molecule has 2 aliphatic heterocycles.